The molecule has 0 aliphatic rings. The van der Waals surface area contributed by atoms with Crippen molar-refractivity contribution in [2.45, 2.75) is 13.5 Å². The van der Waals surface area contributed by atoms with Crippen LogP contribution in [-0.2, 0) is 6.61 Å². The van der Waals surface area contributed by atoms with Gasteiger partial charge in [0.25, 0.3) is 0 Å². The van der Waals surface area contributed by atoms with E-state index in [4.69, 9.17) is 21.6 Å². The highest BCUT2D eigenvalue weighted by Crippen LogP contribution is 2.26. The number of rotatable bonds is 4. The molecule has 0 atom stereocenters. The highest BCUT2D eigenvalue weighted by molar-refractivity contribution is 9.10. The van der Waals surface area contributed by atoms with Crippen molar-refractivity contribution in [3.63, 3.8) is 0 Å². The Morgan fingerprint density at radius 1 is 1.33 bits per heavy atom. The second-order valence-corrected chi connectivity index (χ2v) is 5.73. The summed E-state index contributed by atoms with van der Waals surface area (Å²) >= 11 is 9.45. The molecule has 0 amide bonds. The van der Waals surface area contributed by atoms with Crippen LogP contribution in [0.2, 0.25) is 5.02 Å². The molecule has 0 heterocycles. The number of ether oxygens (including phenoxy) is 1. The van der Waals surface area contributed by atoms with E-state index in [-0.39, 0.29) is 12.4 Å². The summed E-state index contributed by atoms with van der Waals surface area (Å²) < 4.78 is 6.53. The molecule has 0 saturated carbocycles. The first-order valence-electron chi connectivity index (χ1n) is 6.13. The van der Waals surface area contributed by atoms with Gasteiger partial charge in [0.15, 0.2) is 5.78 Å². The van der Waals surface area contributed by atoms with E-state index in [2.05, 4.69) is 15.9 Å². The zero-order chi connectivity index (χ0) is 15.4. The minimum Gasteiger partial charge on any atom is -0.488 e. The van der Waals surface area contributed by atoms with Gasteiger partial charge in [0, 0.05) is 15.1 Å². The van der Waals surface area contributed by atoms with Crippen molar-refractivity contribution >= 4 is 33.3 Å². The van der Waals surface area contributed by atoms with Gasteiger partial charge in [-0.1, -0.05) is 33.6 Å². The van der Waals surface area contributed by atoms with Crippen LogP contribution in [-0.4, -0.2) is 5.78 Å². The average Bonchev–Trinajstić information content (AvgIpc) is 2.45. The minimum absolute atomic E-state index is 0.0663. The number of carbonyl (C=O) groups excluding carboxylic acids is 1. The lowest BCUT2D eigenvalue weighted by molar-refractivity contribution is 0.101. The second kappa shape index (κ2) is 6.75. The molecule has 0 fully saturated rings. The largest absolute Gasteiger partial charge is 0.488 e. The summed E-state index contributed by atoms with van der Waals surface area (Å²) in [7, 11) is 0. The first-order valence-corrected chi connectivity index (χ1v) is 7.30. The van der Waals surface area contributed by atoms with Crippen LogP contribution in [0.25, 0.3) is 0 Å². The van der Waals surface area contributed by atoms with Crippen molar-refractivity contribution in [2.75, 3.05) is 0 Å². The number of Topliss-reactive ketones (excluding diaryl/α,β-unsaturated/α-hetero) is 1. The van der Waals surface area contributed by atoms with E-state index >= 15 is 0 Å². The zero-order valence-corrected chi connectivity index (χ0v) is 13.5. The number of nitrogens with zero attached hydrogens (tertiary/aromatic N) is 1. The Kier molecular flexibility index (Phi) is 5.00. The maximum Gasteiger partial charge on any atom is 0.163 e. The van der Waals surface area contributed by atoms with Gasteiger partial charge < -0.3 is 4.74 Å². The molecule has 0 aromatic heterocycles. The van der Waals surface area contributed by atoms with Crippen molar-refractivity contribution in [2.24, 2.45) is 0 Å². The summed E-state index contributed by atoms with van der Waals surface area (Å²) in [5, 5.41) is 9.27. The highest BCUT2D eigenvalue weighted by atomic mass is 79.9. The minimum atomic E-state index is -0.0663. The summed E-state index contributed by atoms with van der Waals surface area (Å²) in [5.41, 5.74) is 1.77. The van der Waals surface area contributed by atoms with E-state index in [0.29, 0.717) is 21.9 Å². The molecule has 5 heteroatoms. The third-order valence-electron chi connectivity index (χ3n) is 2.89. The van der Waals surface area contributed by atoms with Crippen LogP contribution in [0.1, 0.15) is 28.4 Å². The van der Waals surface area contributed by atoms with Crippen LogP contribution in [0.15, 0.2) is 40.9 Å². The normalized spacial score (nSPS) is 10.0. The fourth-order valence-electron chi connectivity index (χ4n) is 1.80. The van der Waals surface area contributed by atoms with Crippen molar-refractivity contribution in [3.8, 4) is 11.8 Å². The molecule has 0 aliphatic heterocycles. The van der Waals surface area contributed by atoms with E-state index in [0.717, 1.165) is 10.0 Å². The van der Waals surface area contributed by atoms with Gasteiger partial charge in [0.05, 0.1) is 17.2 Å². The molecule has 0 spiro atoms. The molecule has 2 aromatic rings. The number of carbonyl (C=O) groups is 1. The Morgan fingerprint density at radius 2 is 2.10 bits per heavy atom. The predicted octanol–water partition coefficient (Wildman–Crippen LogP) is 4.76. The van der Waals surface area contributed by atoms with Crippen LogP contribution in [0.4, 0.5) is 0 Å². The van der Waals surface area contributed by atoms with Gasteiger partial charge >= 0.3 is 0 Å². The maximum absolute atomic E-state index is 11.6. The molecule has 0 bridgehead atoms. The fourth-order valence-corrected chi connectivity index (χ4v) is 2.37. The molecule has 0 N–H and O–H groups in total. The van der Waals surface area contributed by atoms with Crippen LogP contribution in [0.3, 0.4) is 0 Å². The van der Waals surface area contributed by atoms with Crippen LogP contribution in [0, 0.1) is 11.3 Å². The molecule has 0 aliphatic carbocycles. The van der Waals surface area contributed by atoms with E-state index in [1.807, 2.05) is 6.07 Å². The van der Waals surface area contributed by atoms with Crippen molar-refractivity contribution in [1.29, 1.82) is 5.26 Å². The van der Waals surface area contributed by atoms with Crippen LogP contribution in [0.5, 0.6) is 5.75 Å². The predicted molar refractivity (Wildman–Crippen MR) is 84.6 cm³/mol. The molecule has 2 rings (SSSR count). The standard InChI is InChI=1S/C16H11BrClNO2/c1-10(20)14-5-4-13(17)7-16(14)21-9-12-3-2-11(8-19)6-15(12)18/h2-7H,9H2,1H3. The molecule has 2 aromatic carbocycles. The molecule has 21 heavy (non-hydrogen) atoms. The molecule has 3 nitrogen and oxygen atoms in total. The number of ketones is 1. The Bertz CT molecular complexity index is 738. The van der Waals surface area contributed by atoms with E-state index in [1.54, 1.807) is 36.4 Å². The SMILES string of the molecule is CC(=O)c1ccc(Br)cc1OCc1ccc(C#N)cc1Cl. The Labute approximate surface area is 136 Å². The quantitative estimate of drug-likeness (QED) is 0.735. The number of hydrogen-bond donors (Lipinski definition) is 0. The van der Waals surface area contributed by atoms with E-state index in [9.17, 15) is 4.79 Å². The molecule has 106 valence electrons. The summed E-state index contributed by atoms with van der Waals surface area (Å²) in [6, 6.07) is 12.3. The molecular formula is C16H11BrClNO2. The third-order valence-corrected chi connectivity index (χ3v) is 3.73. The first kappa shape index (κ1) is 15.6. The van der Waals surface area contributed by atoms with E-state index < -0.39 is 0 Å². The summed E-state index contributed by atoms with van der Waals surface area (Å²) in [6.45, 7) is 1.71. The summed E-state index contributed by atoms with van der Waals surface area (Å²) in [5.74, 6) is 0.431. The smallest absolute Gasteiger partial charge is 0.163 e. The fraction of sp³-hybridized carbons (Fsp3) is 0.125. The highest BCUT2D eigenvalue weighted by Gasteiger charge is 2.10. The molecule has 0 saturated heterocycles. The lowest BCUT2D eigenvalue weighted by Gasteiger charge is -2.11. The average molecular weight is 365 g/mol. The Balaban J connectivity index is 2.22. The second-order valence-electron chi connectivity index (χ2n) is 4.40. The van der Waals surface area contributed by atoms with Gasteiger partial charge in [-0.2, -0.15) is 5.26 Å². The van der Waals surface area contributed by atoms with Gasteiger partial charge in [0.1, 0.15) is 12.4 Å². The first-order chi connectivity index (χ1) is 10.0. The van der Waals surface area contributed by atoms with E-state index in [1.165, 1.54) is 6.92 Å². The van der Waals surface area contributed by atoms with Gasteiger partial charge in [0.2, 0.25) is 0 Å². The summed E-state index contributed by atoms with van der Waals surface area (Å²) in [4.78, 5) is 11.6. The molecule has 0 radical (unpaired) electrons. The maximum atomic E-state index is 11.6. The molecular weight excluding hydrogens is 354 g/mol. The van der Waals surface area contributed by atoms with Gasteiger partial charge in [-0.15, -0.1) is 0 Å². The third kappa shape index (κ3) is 3.84. The lowest BCUT2D eigenvalue weighted by Crippen LogP contribution is -2.02. The van der Waals surface area contributed by atoms with Crippen LogP contribution >= 0.6 is 27.5 Å². The molecule has 0 unspecified atom stereocenters. The number of benzene rings is 2. The number of halogens is 2. The van der Waals surface area contributed by atoms with Crippen molar-refractivity contribution in [3.05, 3.63) is 62.6 Å². The number of hydrogen-bond acceptors (Lipinski definition) is 3. The zero-order valence-electron chi connectivity index (χ0n) is 11.2. The summed E-state index contributed by atoms with van der Waals surface area (Å²) in [6.07, 6.45) is 0. The van der Waals surface area contributed by atoms with Crippen molar-refractivity contribution < 1.29 is 9.53 Å². The topological polar surface area (TPSA) is 50.1 Å². The lowest BCUT2D eigenvalue weighted by atomic mass is 10.1. The van der Waals surface area contributed by atoms with Gasteiger partial charge in [-0.25, -0.2) is 0 Å². The Hall–Kier alpha value is -1.83. The number of nitriles is 1. The Morgan fingerprint density at radius 3 is 2.71 bits per heavy atom. The van der Waals surface area contributed by atoms with Crippen LogP contribution < -0.4 is 4.74 Å². The van der Waals surface area contributed by atoms with Gasteiger partial charge in [-0.3, -0.25) is 4.79 Å². The van der Waals surface area contributed by atoms with Gasteiger partial charge in [-0.05, 0) is 37.3 Å². The monoisotopic (exact) mass is 363 g/mol. The van der Waals surface area contributed by atoms with Crippen molar-refractivity contribution in [1.82, 2.24) is 0 Å².